The number of carbonyl (C=O) groups is 1. The fourth-order valence-electron chi connectivity index (χ4n) is 4.83. The molecule has 3 aromatic rings. The molecule has 1 N–H and O–H groups in total. The first-order valence-electron chi connectivity index (χ1n) is 11.8. The summed E-state index contributed by atoms with van der Waals surface area (Å²) in [5, 5.41) is 17.3. The number of rotatable bonds is 6. The molecule has 1 fully saturated rings. The number of hydrogen-bond donors (Lipinski definition) is 1. The molecule has 0 bridgehead atoms. The normalized spacial score (nSPS) is 18.3. The Bertz CT molecular complexity index is 1230. The van der Waals surface area contributed by atoms with E-state index in [1.165, 1.54) is 17.0 Å². The van der Waals surface area contributed by atoms with Crippen molar-refractivity contribution in [1.82, 2.24) is 15.0 Å². The average Bonchev–Trinajstić information content (AvgIpc) is 3.48. The largest absolute Gasteiger partial charge is 0.339 e. The quantitative estimate of drug-likeness (QED) is 0.541. The van der Waals surface area contributed by atoms with Crippen molar-refractivity contribution >= 4 is 22.2 Å². The first-order chi connectivity index (χ1) is 16.6. The van der Waals surface area contributed by atoms with Gasteiger partial charge >= 0.3 is 0 Å². The van der Waals surface area contributed by atoms with Crippen LogP contribution in [0.2, 0.25) is 0 Å². The third-order valence-corrected chi connectivity index (χ3v) is 7.78. The summed E-state index contributed by atoms with van der Waals surface area (Å²) < 4.78 is 19.0. The van der Waals surface area contributed by atoms with E-state index in [2.05, 4.69) is 26.4 Å². The van der Waals surface area contributed by atoms with Gasteiger partial charge in [-0.2, -0.15) is 10.2 Å². The molecule has 1 unspecified atom stereocenters. The molecule has 1 aliphatic heterocycles. The molecule has 9 heteroatoms. The number of nitrogens with zero attached hydrogens (tertiary/aromatic N) is 4. The minimum Gasteiger partial charge on any atom is -0.339 e. The zero-order valence-electron chi connectivity index (χ0n) is 18.8. The van der Waals surface area contributed by atoms with E-state index in [1.807, 2.05) is 0 Å². The van der Waals surface area contributed by atoms with Crippen LogP contribution >= 0.6 is 11.3 Å². The SMILES string of the molecule is N#Cc1c(NC(=O)CCN2CCCC(c3nc(-c4cccc(F)c4)no3)C2)sc2c1CCCC2. The van der Waals surface area contributed by atoms with Crippen LogP contribution in [0.1, 0.15) is 59.9 Å². The van der Waals surface area contributed by atoms with E-state index in [1.54, 1.807) is 23.5 Å². The number of hydrogen-bond acceptors (Lipinski definition) is 7. The van der Waals surface area contributed by atoms with Gasteiger partial charge < -0.3 is 14.7 Å². The van der Waals surface area contributed by atoms with Gasteiger partial charge in [-0.25, -0.2) is 4.39 Å². The molecule has 1 atom stereocenters. The maximum Gasteiger partial charge on any atom is 0.231 e. The third kappa shape index (κ3) is 4.88. The maximum absolute atomic E-state index is 13.5. The Balaban J connectivity index is 1.17. The molecule has 1 saturated heterocycles. The fourth-order valence-corrected chi connectivity index (χ4v) is 6.08. The molecule has 5 rings (SSSR count). The second-order valence-electron chi connectivity index (χ2n) is 8.93. The summed E-state index contributed by atoms with van der Waals surface area (Å²) in [6, 6.07) is 8.45. The van der Waals surface area contributed by atoms with E-state index in [-0.39, 0.29) is 17.6 Å². The number of amides is 1. The summed E-state index contributed by atoms with van der Waals surface area (Å²) in [6.45, 7) is 2.26. The number of piperidine rings is 1. The highest BCUT2D eigenvalue weighted by Crippen LogP contribution is 2.37. The van der Waals surface area contributed by atoms with E-state index in [0.29, 0.717) is 40.8 Å². The van der Waals surface area contributed by atoms with Crippen molar-refractivity contribution in [2.75, 3.05) is 25.0 Å². The van der Waals surface area contributed by atoms with Crippen LogP contribution in [0.5, 0.6) is 0 Å². The lowest BCUT2D eigenvalue weighted by Gasteiger charge is -2.30. The van der Waals surface area contributed by atoms with E-state index in [4.69, 9.17) is 4.52 Å². The Morgan fingerprint density at radius 2 is 2.21 bits per heavy atom. The number of carbonyl (C=O) groups excluding carboxylic acids is 1. The zero-order chi connectivity index (χ0) is 23.5. The Kier molecular flexibility index (Phi) is 6.70. The molecule has 0 spiro atoms. The Morgan fingerprint density at radius 3 is 3.06 bits per heavy atom. The number of thiophene rings is 1. The Morgan fingerprint density at radius 1 is 1.32 bits per heavy atom. The van der Waals surface area contributed by atoms with Crippen molar-refractivity contribution in [1.29, 1.82) is 5.26 Å². The van der Waals surface area contributed by atoms with E-state index >= 15 is 0 Å². The molecule has 34 heavy (non-hydrogen) atoms. The average molecular weight is 480 g/mol. The molecule has 7 nitrogen and oxygen atoms in total. The van der Waals surface area contributed by atoms with Gasteiger partial charge in [-0.3, -0.25) is 4.79 Å². The molecule has 0 radical (unpaired) electrons. The number of nitriles is 1. The highest BCUT2D eigenvalue weighted by atomic mass is 32.1. The highest BCUT2D eigenvalue weighted by molar-refractivity contribution is 7.16. The van der Waals surface area contributed by atoms with Crippen molar-refractivity contribution in [2.24, 2.45) is 0 Å². The summed E-state index contributed by atoms with van der Waals surface area (Å²) in [4.78, 5) is 20.7. The molecular formula is C25H26FN5O2S. The lowest BCUT2D eigenvalue weighted by molar-refractivity contribution is -0.116. The Hall–Kier alpha value is -3.09. The topological polar surface area (TPSA) is 95.1 Å². The van der Waals surface area contributed by atoms with Crippen LogP contribution in [0.15, 0.2) is 28.8 Å². The molecule has 3 heterocycles. The standard InChI is InChI=1S/C25H26FN5O2S/c26-18-7-3-5-16(13-18)23-29-24(33-30-23)17-6-4-11-31(15-17)12-10-22(32)28-25-20(14-27)19-8-1-2-9-21(19)34-25/h3,5,7,13,17H,1-2,4,6,8-12,15H2,(H,28,32). The van der Waals surface area contributed by atoms with E-state index < -0.39 is 0 Å². The van der Waals surface area contributed by atoms with Gasteiger partial charge in [0, 0.05) is 30.0 Å². The number of aryl methyl sites for hydroxylation is 1. The summed E-state index contributed by atoms with van der Waals surface area (Å²) in [6.07, 6.45) is 6.43. The summed E-state index contributed by atoms with van der Waals surface area (Å²) in [5.41, 5.74) is 2.37. The lowest BCUT2D eigenvalue weighted by Crippen LogP contribution is -2.36. The van der Waals surface area contributed by atoms with Crippen molar-refractivity contribution in [3.63, 3.8) is 0 Å². The van der Waals surface area contributed by atoms with E-state index in [9.17, 15) is 14.4 Å². The monoisotopic (exact) mass is 479 g/mol. The van der Waals surface area contributed by atoms with Crippen molar-refractivity contribution in [2.45, 2.75) is 50.9 Å². The van der Waals surface area contributed by atoms with E-state index in [0.717, 1.165) is 57.2 Å². The molecule has 1 amide bonds. The van der Waals surface area contributed by atoms with Crippen LogP contribution in [-0.4, -0.2) is 40.6 Å². The molecule has 176 valence electrons. The predicted octanol–water partition coefficient (Wildman–Crippen LogP) is 4.90. The van der Waals surface area contributed by atoms with Gasteiger partial charge in [-0.05, 0) is 62.8 Å². The molecule has 1 aromatic carbocycles. The van der Waals surface area contributed by atoms with Crippen LogP contribution in [0.3, 0.4) is 0 Å². The van der Waals surface area contributed by atoms with Gasteiger partial charge in [-0.15, -0.1) is 11.3 Å². The number of aromatic nitrogens is 2. The molecule has 2 aliphatic rings. The number of nitrogens with one attached hydrogen (secondary N) is 1. The lowest BCUT2D eigenvalue weighted by atomic mass is 9.96. The Labute approximate surface area is 201 Å². The minimum absolute atomic E-state index is 0.0663. The van der Waals surface area contributed by atoms with Gasteiger partial charge in [0.25, 0.3) is 0 Å². The van der Waals surface area contributed by atoms with Crippen molar-refractivity contribution in [3.05, 3.63) is 52.0 Å². The fraction of sp³-hybridized carbons (Fsp3) is 0.440. The molecule has 1 aliphatic carbocycles. The summed E-state index contributed by atoms with van der Waals surface area (Å²) in [7, 11) is 0. The highest BCUT2D eigenvalue weighted by Gasteiger charge is 2.27. The molecular weight excluding hydrogens is 453 g/mol. The summed E-state index contributed by atoms with van der Waals surface area (Å²) >= 11 is 1.56. The van der Waals surface area contributed by atoms with Crippen LogP contribution < -0.4 is 5.32 Å². The van der Waals surface area contributed by atoms with Gasteiger partial charge in [-0.1, -0.05) is 17.3 Å². The molecule has 0 saturated carbocycles. The first kappa shape index (κ1) is 22.7. The van der Waals surface area contributed by atoms with Crippen molar-refractivity contribution < 1.29 is 13.7 Å². The van der Waals surface area contributed by atoms with Crippen LogP contribution in [-0.2, 0) is 17.6 Å². The third-order valence-electron chi connectivity index (χ3n) is 6.57. The number of fused-ring (bicyclic) bond motifs is 1. The smallest absolute Gasteiger partial charge is 0.231 e. The number of likely N-dealkylation sites (tertiary alicyclic amines) is 1. The van der Waals surface area contributed by atoms with Crippen LogP contribution in [0.4, 0.5) is 9.39 Å². The number of halogens is 1. The first-order valence-corrected chi connectivity index (χ1v) is 12.6. The predicted molar refractivity (Wildman–Crippen MR) is 127 cm³/mol. The van der Waals surface area contributed by atoms with Gasteiger partial charge in [0.15, 0.2) is 0 Å². The second kappa shape index (κ2) is 10.0. The molecule has 2 aromatic heterocycles. The van der Waals surface area contributed by atoms with Gasteiger partial charge in [0.2, 0.25) is 17.6 Å². The summed E-state index contributed by atoms with van der Waals surface area (Å²) in [5.74, 6) is 0.619. The van der Waals surface area contributed by atoms with Gasteiger partial charge in [0.1, 0.15) is 16.9 Å². The minimum atomic E-state index is -0.337. The maximum atomic E-state index is 13.5. The van der Waals surface area contributed by atoms with Gasteiger partial charge in [0.05, 0.1) is 11.5 Å². The second-order valence-corrected chi connectivity index (χ2v) is 10.0. The zero-order valence-corrected chi connectivity index (χ0v) is 19.7. The van der Waals surface area contributed by atoms with Crippen LogP contribution in [0.25, 0.3) is 11.4 Å². The number of anilines is 1. The number of benzene rings is 1. The van der Waals surface area contributed by atoms with Crippen LogP contribution in [0, 0.1) is 17.1 Å². The van der Waals surface area contributed by atoms with Crippen molar-refractivity contribution in [3.8, 4) is 17.5 Å².